The third kappa shape index (κ3) is 7.27. The number of anilines is 1. The first-order valence-corrected chi connectivity index (χ1v) is 15.7. The molecule has 2 fully saturated rings. The Morgan fingerprint density at radius 2 is 1.60 bits per heavy atom. The number of carboxylic acid groups (broad SMARTS) is 2. The summed E-state index contributed by atoms with van der Waals surface area (Å²) in [6.45, 7) is 3.27. The van der Waals surface area contributed by atoms with Gasteiger partial charge < -0.3 is 24.7 Å². The van der Waals surface area contributed by atoms with E-state index < -0.39 is 24.2 Å². The molecule has 0 unspecified atom stereocenters. The Labute approximate surface area is 283 Å². The predicted octanol–water partition coefficient (Wildman–Crippen LogP) is 5.27. The molecule has 2 aliphatic rings. The average Bonchev–Trinajstić information content (AvgIpc) is 3.76. The molecule has 12 nitrogen and oxygen atoms in total. The number of nitrogens with zero attached hydrogens (tertiary/aromatic N) is 6. The third-order valence-electron chi connectivity index (χ3n) is 8.36. The lowest BCUT2D eigenvalue weighted by atomic mass is 10.1. The van der Waals surface area contributed by atoms with E-state index in [4.69, 9.17) is 24.6 Å². The lowest BCUT2D eigenvalue weighted by molar-refractivity contribution is -0.192. The van der Waals surface area contributed by atoms with E-state index >= 15 is 0 Å². The van der Waals surface area contributed by atoms with Crippen LogP contribution in [0.25, 0.3) is 40.0 Å². The number of likely N-dealkylation sites (tertiary alicyclic amines) is 1. The number of carbonyl (C=O) groups is 3. The molecule has 0 spiro atoms. The van der Waals surface area contributed by atoms with Crippen molar-refractivity contribution in [1.82, 2.24) is 24.5 Å². The highest BCUT2D eigenvalue weighted by atomic mass is 19.4. The fourth-order valence-corrected chi connectivity index (χ4v) is 5.93. The van der Waals surface area contributed by atoms with Crippen LogP contribution in [0.4, 0.5) is 18.9 Å². The second-order valence-corrected chi connectivity index (χ2v) is 11.5. The number of hydrogen-bond donors (Lipinski definition) is 2. The maximum atomic E-state index is 13.2. The maximum Gasteiger partial charge on any atom is 0.490 e. The molecule has 2 aromatic carbocycles. The zero-order chi connectivity index (χ0) is 35.4. The lowest BCUT2D eigenvalue weighted by Crippen LogP contribution is -2.40. The number of ether oxygens (including phenoxy) is 1. The van der Waals surface area contributed by atoms with E-state index in [0.717, 1.165) is 52.3 Å². The number of fused-ring (bicyclic) bond motifs is 2. The topological polar surface area (TPSA) is 150 Å². The SMILES string of the molecule is O=C(O)C(F)(F)F.O=C(O)[C@@H]1CCCN1C(=O)c1ccc(-c2c(/C=C/c3ccc4ccccc4n3)nc3c(N4CCOCC4)ccnn23)cc1. The summed E-state index contributed by atoms with van der Waals surface area (Å²) in [4.78, 5) is 47.3. The Balaban J connectivity index is 0.000000561. The lowest BCUT2D eigenvalue weighted by Gasteiger charge is -2.28. The zero-order valence-corrected chi connectivity index (χ0v) is 26.5. The van der Waals surface area contributed by atoms with Crippen molar-refractivity contribution < 1.29 is 42.5 Å². The van der Waals surface area contributed by atoms with Gasteiger partial charge in [0.25, 0.3) is 5.91 Å². The van der Waals surface area contributed by atoms with Gasteiger partial charge in [-0.2, -0.15) is 18.3 Å². The van der Waals surface area contributed by atoms with Crippen molar-refractivity contribution in [2.75, 3.05) is 37.7 Å². The number of carbonyl (C=O) groups excluding carboxylic acids is 1. The minimum Gasteiger partial charge on any atom is -0.480 e. The average molecular weight is 689 g/mol. The standard InChI is InChI=1S/C33H30N6O4.C2HF3O2/c40-32(38-17-3-6-29(38)33(41)42)24-9-7-23(8-10-24)30-27(14-13-25-12-11-22-4-1-2-5-26(22)35-25)36-31-28(15-16-34-39(30)31)37-18-20-43-21-19-37;3-2(4,5)1(6)7/h1-2,4-5,7-16,29H,3,6,17-21H2,(H,41,42);(H,6,7)/b14-13+;/t29-;/m0./s1. The maximum absolute atomic E-state index is 13.2. The van der Waals surface area contributed by atoms with Crippen molar-refractivity contribution in [2.24, 2.45) is 0 Å². The van der Waals surface area contributed by atoms with Gasteiger partial charge in [0.05, 0.1) is 42.0 Å². The smallest absolute Gasteiger partial charge is 0.480 e. The minimum absolute atomic E-state index is 0.273. The van der Waals surface area contributed by atoms with E-state index in [1.807, 2.05) is 65.2 Å². The molecular formula is C35H31F3N6O6. The number of aliphatic carboxylic acids is 2. The van der Waals surface area contributed by atoms with E-state index in [2.05, 4.69) is 16.1 Å². The number of imidazole rings is 1. The monoisotopic (exact) mass is 688 g/mol. The molecule has 2 N–H and O–H groups in total. The Morgan fingerprint density at radius 3 is 2.30 bits per heavy atom. The molecule has 15 heteroatoms. The number of pyridine rings is 1. The van der Waals surface area contributed by atoms with E-state index in [1.165, 1.54) is 4.90 Å². The molecule has 258 valence electrons. The van der Waals surface area contributed by atoms with E-state index in [1.54, 1.807) is 18.3 Å². The van der Waals surface area contributed by atoms with Crippen molar-refractivity contribution >= 4 is 52.2 Å². The molecule has 1 atom stereocenters. The van der Waals surface area contributed by atoms with Crippen LogP contribution in [-0.2, 0) is 14.3 Å². The molecule has 0 bridgehead atoms. The van der Waals surface area contributed by atoms with Crippen LogP contribution in [0.2, 0.25) is 0 Å². The molecule has 1 amide bonds. The minimum atomic E-state index is -5.08. The van der Waals surface area contributed by atoms with E-state index in [0.29, 0.717) is 43.9 Å². The van der Waals surface area contributed by atoms with Crippen LogP contribution in [-0.4, -0.2) is 97.6 Å². The molecule has 3 aromatic heterocycles. The number of aromatic nitrogens is 4. The summed E-state index contributed by atoms with van der Waals surface area (Å²) in [5.41, 5.74) is 6.21. The highest BCUT2D eigenvalue weighted by molar-refractivity contribution is 5.97. The molecule has 50 heavy (non-hydrogen) atoms. The highest BCUT2D eigenvalue weighted by Crippen LogP contribution is 2.31. The van der Waals surface area contributed by atoms with Gasteiger partial charge in [-0.05, 0) is 55.3 Å². The van der Waals surface area contributed by atoms with Crippen LogP contribution >= 0.6 is 0 Å². The van der Waals surface area contributed by atoms with Crippen LogP contribution in [0.3, 0.4) is 0 Å². The number of morpholine rings is 1. The summed E-state index contributed by atoms with van der Waals surface area (Å²) in [5, 5.41) is 22.4. The van der Waals surface area contributed by atoms with Crippen molar-refractivity contribution in [3.8, 4) is 11.3 Å². The van der Waals surface area contributed by atoms with E-state index in [-0.39, 0.29) is 5.91 Å². The molecular weight excluding hydrogens is 657 g/mol. The second kappa shape index (κ2) is 14.3. The van der Waals surface area contributed by atoms with Gasteiger partial charge in [0.1, 0.15) is 11.7 Å². The number of benzene rings is 2. The van der Waals surface area contributed by atoms with Gasteiger partial charge in [0.2, 0.25) is 0 Å². The number of carboxylic acids is 2. The molecule has 5 heterocycles. The van der Waals surface area contributed by atoms with Gasteiger partial charge in [0, 0.05) is 36.1 Å². The molecule has 0 radical (unpaired) electrons. The Morgan fingerprint density at radius 1 is 0.880 bits per heavy atom. The molecule has 0 aliphatic carbocycles. The molecule has 5 aromatic rings. The quantitative estimate of drug-likeness (QED) is 0.241. The van der Waals surface area contributed by atoms with Crippen molar-refractivity contribution in [3.63, 3.8) is 0 Å². The second-order valence-electron chi connectivity index (χ2n) is 11.5. The Hall–Kier alpha value is -5.83. The van der Waals surface area contributed by atoms with Crippen LogP contribution in [0, 0.1) is 0 Å². The number of alkyl halides is 3. The van der Waals surface area contributed by atoms with Crippen LogP contribution < -0.4 is 4.90 Å². The van der Waals surface area contributed by atoms with Gasteiger partial charge in [-0.3, -0.25) is 4.79 Å². The molecule has 2 saturated heterocycles. The number of hydrogen-bond acceptors (Lipinski definition) is 8. The molecule has 2 aliphatic heterocycles. The van der Waals surface area contributed by atoms with Crippen molar-refractivity contribution in [1.29, 1.82) is 0 Å². The van der Waals surface area contributed by atoms with Crippen molar-refractivity contribution in [2.45, 2.75) is 25.1 Å². The van der Waals surface area contributed by atoms with Crippen LogP contribution in [0.1, 0.15) is 34.6 Å². The summed E-state index contributed by atoms with van der Waals surface area (Å²) in [5.74, 6) is -4.00. The first-order valence-electron chi connectivity index (χ1n) is 15.7. The number of para-hydroxylation sites is 1. The highest BCUT2D eigenvalue weighted by Gasteiger charge is 2.38. The predicted molar refractivity (Wildman–Crippen MR) is 178 cm³/mol. The van der Waals surface area contributed by atoms with Crippen molar-refractivity contribution in [3.05, 3.63) is 89.9 Å². The summed E-state index contributed by atoms with van der Waals surface area (Å²) in [6, 6.07) is 20.5. The molecule has 0 saturated carbocycles. The summed E-state index contributed by atoms with van der Waals surface area (Å²) in [6.07, 6.45) is 1.74. The number of halogens is 3. The summed E-state index contributed by atoms with van der Waals surface area (Å²) < 4.78 is 39.1. The fraction of sp³-hybridized carbons (Fsp3) is 0.257. The van der Waals surface area contributed by atoms with Gasteiger partial charge in [-0.1, -0.05) is 36.4 Å². The Kier molecular flexibility index (Phi) is 9.76. The zero-order valence-electron chi connectivity index (χ0n) is 26.5. The largest absolute Gasteiger partial charge is 0.490 e. The van der Waals surface area contributed by atoms with Gasteiger partial charge in [-0.25, -0.2) is 24.1 Å². The van der Waals surface area contributed by atoms with Crippen LogP contribution in [0.5, 0.6) is 0 Å². The van der Waals surface area contributed by atoms with Gasteiger partial charge in [0.15, 0.2) is 5.65 Å². The van der Waals surface area contributed by atoms with Crippen LogP contribution in [0.15, 0.2) is 72.9 Å². The first kappa shape index (κ1) is 34.0. The number of amides is 1. The Bertz CT molecular complexity index is 2080. The number of rotatable bonds is 6. The normalized spacial score (nSPS) is 16.5. The first-order chi connectivity index (χ1) is 24.0. The summed E-state index contributed by atoms with van der Waals surface area (Å²) in [7, 11) is 0. The summed E-state index contributed by atoms with van der Waals surface area (Å²) >= 11 is 0. The fourth-order valence-electron chi connectivity index (χ4n) is 5.93. The van der Waals surface area contributed by atoms with Gasteiger partial charge in [-0.15, -0.1) is 0 Å². The molecule has 7 rings (SSSR count). The van der Waals surface area contributed by atoms with E-state index in [9.17, 15) is 27.9 Å². The van der Waals surface area contributed by atoms with Gasteiger partial charge >= 0.3 is 18.1 Å². The third-order valence-corrected chi connectivity index (χ3v) is 8.36.